The number of aromatic nitrogens is 2. The predicted octanol–water partition coefficient (Wildman–Crippen LogP) is 1.60. The summed E-state index contributed by atoms with van der Waals surface area (Å²) in [5.41, 5.74) is 0.0373. The molecule has 0 aliphatic rings. The van der Waals surface area contributed by atoms with Crippen LogP contribution in [0.15, 0.2) is 58.1 Å². The Labute approximate surface area is 157 Å². The zero-order chi connectivity index (χ0) is 19.4. The molecule has 0 aliphatic heterocycles. The number of aromatic hydroxyl groups is 1. The van der Waals surface area contributed by atoms with Gasteiger partial charge in [0, 0.05) is 11.5 Å². The molecular formula is C18H16N2O6S. The molecule has 1 heterocycles. The highest BCUT2D eigenvalue weighted by Gasteiger charge is 2.17. The van der Waals surface area contributed by atoms with Crippen molar-refractivity contribution in [3.05, 3.63) is 79.8 Å². The zero-order valence-electron chi connectivity index (χ0n) is 14.1. The number of carbonyl (C=O) groups is 1. The first-order valence-corrected chi connectivity index (χ1v) is 8.77. The molecule has 3 aromatic rings. The highest BCUT2D eigenvalue weighted by Crippen LogP contribution is 2.27. The van der Waals surface area contributed by atoms with Gasteiger partial charge < -0.3 is 14.9 Å². The molecule has 9 heteroatoms. The molecule has 0 aliphatic carbocycles. The summed E-state index contributed by atoms with van der Waals surface area (Å²) in [5, 5.41) is 18.8. The topological polar surface area (TPSA) is 111 Å². The van der Waals surface area contributed by atoms with Crippen LogP contribution >= 0.6 is 11.5 Å². The number of carboxylic acid groups (broad SMARTS) is 1. The second-order valence-corrected chi connectivity index (χ2v) is 6.59. The number of ether oxygens (including phenoxy) is 1. The van der Waals surface area contributed by atoms with Crippen LogP contribution in [0.3, 0.4) is 0 Å². The minimum absolute atomic E-state index is 0.00776. The lowest BCUT2D eigenvalue weighted by Gasteiger charge is -2.09. The van der Waals surface area contributed by atoms with E-state index >= 15 is 0 Å². The Morgan fingerprint density at radius 2 is 1.81 bits per heavy atom. The van der Waals surface area contributed by atoms with Crippen LogP contribution in [0.4, 0.5) is 0 Å². The summed E-state index contributed by atoms with van der Waals surface area (Å²) in [5.74, 6) is -1.73. The molecule has 3 rings (SSSR count). The van der Waals surface area contributed by atoms with Crippen LogP contribution in [0.1, 0.15) is 15.9 Å². The van der Waals surface area contributed by atoms with E-state index in [4.69, 9.17) is 9.84 Å². The van der Waals surface area contributed by atoms with Crippen molar-refractivity contribution < 1.29 is 19.7 Å². The molecular weight excluding hydrogens is 372 g/mol. The maximum absolute atomic E-state index is 12.4. The zero-order valence-corrected chi connectivity index (χ0v) is 14.9. The van der Waals surface area contributed by atoms with Crippen LogP contribution < -0.4 is 15.3 Å². The summed E-state index contributed by atoms with van der Waals surface area (Å²) in [7, 11) is 0. The first kappa shape index (κ1) is 18.5. The van der Waals surface area contributed by atoms with Crippen molar-refractivity contribution in [2.75, 3.05) is 6.61 Å². The maximum Gasteiger partial charge on any atom is 0.343 e. The number of rotatable bonds is 7. The lowest BCUT2D eigenvalue weighted by Crippen LogP contribution is -2.30. The predicted molar refractivity (Wildman–Crippen MR) is 98.9 cm³/mol. The van der Waals surface area contributed by atoms with Gasteiger partial charge in [0.25, 0.3) is 0 Å². The first-order chi connectivity index (χ1) is 13.0. The van der Waals surface area contributed by atoms with Crippen molar-refractivity contribution in [3.63, 3.8) is 0 Å². The monoisotopic (exact) mass is 388 g/mol. The second kappa shape index (κ2) is 7.92. The smallest absolute Gasteiger partial charge is 0.343 e. The molecule has 0 spiro atoms. The van der Waals surface area contributed by atoms with E-state index in [2.05, 4.69) is 0 Å². The van der Waals surface area contributed by atoms with Gasteiger partial charge in [-0.15, -0.1) is 0 Å². The molecule has 2 N–H and O–H groups in total. The molecule has 0 bridgehead atoms. The molecule has 0 unspecified atom stereocenters. The second-order valence-electron chi connectivity index (χ2n) is 5.62. The van der Waals surface area contributed by atoms with Crippen LogP contribution in [-0.2, 0) is 13.1 Å². The Kier molecular flexibility index (Phi) is 5.41. The molecule has 8 nitrogen and oxygen atoms in total. The highest BCUT2D eigenvalue weighted by molar-refractivity contribution is 7.03. The fourth-order valence-electron chi connectivity index (χ4n) is 2.53. The van der Waals surface area contributed by atoms with Crippen LogP contribution in [-0.4, -0.2) is 31.3 Å². The third-order valence-electron chi connectivity index (χ3n) is 3.81. The summed E-state index contributed by atoms with van der Waals surface area (Å²) < 4.78 is 7.79. The quantitative estimate of drug-likeness (QED) is 0.636. The average Bonchev–Trinajstić information content (AvgIpc) is 2.90. The van der Waals surface area contributed by atoms with Crippen molar-refractivity contribution >= 4 is 17.5 Å². The van der Waals surface area contributed by atoms with Gasteiger partial charge in [-0.25, -0.2) is 18.1 Å². The Balaban J connectivity index is 1.72. The lowest BCUT2D eigenvalue weighted by atomic mass is 10.2. The number of benzene rings is 2. The van der Waals surface area contributed by atoms with Crippen LogP contribution in [0.25, 0.3) is 0 Å². The van der Waals surface area contributed by atoms with E-state index in [9.17, 15) is 19.5 Å². The number of nitrogens with zero attached hydrogens (tertiary/aromatic N) is 2. The average molecular weight is 388 g/mol. The van der Waals surface area contributed by atoms with Crippen molar-refractivity contribution in [3.8, 4) is 11.5 Å². The van der Waals surface area contributed by atoms with E-state index < -0.39 is 17.4 Å². The van der Waals surface area contributed by atoms with Gasteiger partial charge in [0.15, 0.2) is 0 Å². The van der Waals surface area contributed by atoms with Gasteiger partial charge in [-0.3, -0.25) is 4.79 Å². The number of carboxylic acids is 1. The SMILES string of the molecule is O=C(O)c1c(O)cccc1OCCn1sc(=O)n(Cc2ccccc2)c1=O. The molecule has 0 radical (unpaired) electrons. The first-order valence-electron chi connectivity index (χ1n) is 8.00. The Morgan fingerprint density at radius 1 is 1.07 bits per heavy atom. The van der Waals surface area contributed by atoms with Crippen LogP contribution in [0.5, 0.6) is 11.5 Å². The molecule has 1 aromatic heterocycles. The van der Waals surface area contributed by atoms with E-state index in [1.54, 1.807) is 0 Å². The Bertz CT molecular complexity index is 1070. The van der Waals surface area contributed by atoms with Gasteiger partial charge in [0.2, 0.25) is 0 Å². The van der Waals surface area contributed by atoms with Gasteiger partial charge in [-0.05, 0) is 17.7 Å². The van der Waals surface area contributed by atoms with Crippen molar-refractivity contribution in [2.24, 2.45) is 0 Å². The number of hydrogen-bond donors (Lipinski definition) is 2. The third kappa shape index (κ3) is 4.09. The van der Waals surface area contributed by atoms with E-state index in [0.717, 1.165) is 21.7 Å². The fraction of sp³-hybridized carbons (Fsp3) is 0.167. The standard InChI is InChI=1S/C18H16N2O6S/c21-13-7-4-8-14(15(13)16(22)23)26-10-9-20-17(24)19(18(25)27-20)11-12-5-2-1-3-6-12/h1-8,21H,9-11H2,(H,22,23). The minimum atomic E-state index is -1.32. The molecule has 0 saturated carbocycles. The van der Waals surface area contributed by atoms with Crippen LogP contribution in [0, 0.1) is 0 Å². The third-order valence-corrected chi connectivity index (χ3v) is 4.74. The fourth-order valence-corrected chi connectivity index (χ4v) is 3.30. The van der Waals surface area contributed by atoms with E-state index in [-0.39, 0.29) is 35.9 Å². The summed E-state index contributed by atoms with van der Waals surface area (Å²) in [6.07, 6.45) is 0. The molecule has 0 fully saturated rings. The summed E-state index contributed by atoms with van der Waals surface area (Å²) in [6.45, 7) is 0.225. The normalized spacial score (nSPS) is 10.7. The minimum Gasteiger partial charge on any atom is -0.507 e. The van der Waals surface area contributed by atoms with Crippen molar-refractivity contribution in [2.45, 2.75) is 13.1 Å². The van der Waals surface area contributed by atoms with Crippen molar-refractivity contribution in [1.82, 2.24) is 8.52 Å². The van der Waals surface area contributed by atoms with Gasteiger partial charge in [0.1, 0.15) is 23.7 Å². The van der Waals surface area contributed by atoms with E-state index in [1.807, 2.05) is 30.3 Å². The molecule has 27 heavy (non-hydrogen) atoms. The molecule has 0 atom stereocenters. The van der Waals surface area contributed by atoms with Gasteiger partial charge >= 0.3 is 16.5 Å². The summed E-state index contributed by atoms with van der Waals surface area (Å²) in [6, 6.07) is 13.3. The van der Waals surface area contributed by atoms with Gasteiger partial charge in [-0.1, -0.05) is 36.4 Å². The van der Waals surface area contributed by atoms with Gasteiger partial charge in [-0.2, -0.15) is 0 Å². The van der Waals surface area contributed by atoms with Gasteiger partial charge in [0.05, 0.1) is 13.1 Å². The molecule has 140 valence electrons. The van der Waals surface area contributed by atoms with Crippen LogP contribution in [0.2, 0.25) is 0 Å². The Hall–Kier alpha value is -3.33. The number of phenols is 1. The highest BCUT2D eigenvalue weighted by atomic mass is 32.1. The molecule has 2 aromatic carbocycles. The lowest BCUT2D eigenvalue weighted by molar-refractivity contribution is 0.0688. The number of hydrogen-bond acceptors (Lipinski definition) is 6. The van der Waals surface area contributed by atoms with Crippen molar-refractivity contribution in [1.29, 1.82) is 0 Å². The Morgan fingerprint density at radius 3 is 2.52 bits per heavy atom. The van der Waals surface area contributed by atoms with E-state index in [0.29, 0.717) is 0 Å². The largest absolute Gasteiger partial charge is 0.507 e. The van der Waals surface area contributed by atoms with E-state index in [1.165, 1.54) is 22.2 Å². The summed E-state index contributed by atoms with van der Waals surface area (Å²) in [4.78, 5) is 35.3. The molecule has 0 amide bonds. The molecule has 0 saturated heterocycles. The number of aromatic carboxylic acids is 1. The maximum atomic E-state index is 12.4. The summed E-state index contributed by atoms with van der Waals surface area (Å²) >= 11 is 0.775.